The van der Waals surface area contributed by atoms with Crippen LogP contribution in [0.3, 0.4) is 0 Å². The van der Waals surface area contributed by atoms with Crippen molar-refractivity contribution >= 4 is 39.7 Å². The first-order valence-electron chi connectivity index (χ1n) is 7.11. The number of aliphatic hydroxyl groups is 1. The lowest BCUT2D eigenvalue weighted by atomic mass is 9.83. The van der Waals surface area contributed by atoms with Crippen LogP contribution in [0.2, 0.25) is 0 Å². The van der Waals surface area contributed by atoms with Crippen LogP contribution < -0.4 is 0 Å². The predicted octanol–water partition coefficient (Wildman–Crippen LogP) is 3.13. The molecule has 0 radical (unpaired) electrons. The number of nitrogens with one attached hydrogen (secondary N) is 1. The van der Waals surface area contributed by atoms with Gasteiger partial charge in [-0.05, 0) is 38.0 Å². The van der Waals surface area contributed by atoms with Gasteiger partial charge >= 0.3 is 0 Å². The lowest BCUT2D eigenvalue weighted by Gasteiger charge is -2.26. The number of hydrogen-bond acceptors (Lipinski definition) is 5. The normalized spacial score (nSPS) is 27.0. The number of carbonyl (C=O) groups is 1. The monoisotopic (exact) mass is 299 g/mol. The average molecular weight is 299 g/mol. The van der Waals surface area contributed by atoms with E-state index >= 15 is 0 Å². The van der Waals surface area contributed by atoms with E-state index in [1.165, 1.54) is 31.0 Å². The molecule has 2 atom stereocenters. The molecule has 1 saturated carbocycles. The highest BCUT2D eigenvalue weighted by Gasteiger charge is 2.34. The van der Waals surface area contributed by atoms with E-state index in [4.69, 9.17) is 17.6 Å². The molecule has 2 N–H and O–H groups in total. The average Bonchev–Trinajstić information content (AvgIpc) is 2.67. The zero-order valence-corrected chi connectivity index (χ0v) is 12.7. The van der Waals surface area contributed by atoms with Gasteiger partial charge in [0.25, 0.3) is 0 Å². The van der Waals surface area contributed by atoms with Gasteiger partial charge in [-0.25, -0.2) is 0 Å². The second-order valence-electron chi connectivity index (χ2n) is 5.53. The van der Waals surface area contributed by atoms with Gasteiger partial charge in [0.2, 0.25) is 0 Å². The first kappa shape index (κ1) is 15.1. The Morgan fingerprint density at radius 2 is 2.05 bits per heavy atom. The van der Waals surface area contributed by atoms with Gasteiger partial charge in [0.15, 0.2) is 5.78 Å². The molecule has 0 aromatic carbocycles. The maximum Gasteiger partial charge on any atom is 0.195 e. The van der Waals surface area contributed by atoms with Crippen LogP contribution in [0.5, 0.6) is 0 Å². The number of ketones is 1. The van der Waals surface area contributed by atoms with Gasteiger partial charge in [-0.3, -0.25) is 10.2 Å². The Morgan fingerprint density at radius 1 is 1.37 bits per heavy atom. The summed E-state index contributed by atoms with van der Waals surface area (Å²) in [4.78, 5) is 11.7. The molecule has 2 aliphatic rings. The van der Waals surface area contributed by atoms with Crippen molar-refractivity contribution in [2.24, 2.45) is 5.92 Å². The molecular formula is C14H21NO2S2. The van der Waals surface area contributed by atoms with E-state index in [-0.39, 0.29) is 22.8 Å². The van der Waals surface area contributed by atoms with E-state index in [0.717, 1.165) is 32.1 Å². The van der Waals surface area contributed by atoms with Gasteiger partial charge in [-0.2, -0.15) is 0 Å². The highest BCUT2D eigenvalue weighted by Crippen LogP contribution is 2.31. The Balaban J connectivity index is 1.70. The summed E-state index contributed by atoms with van der Waals surface area (Å²) < 4.78 is 0.433. The van der Waals surface area contributed by atoms with Gasteiger partial charge < -0.3 is 5.11 Å². The number of Topliss-reactive ketones (excluding diaryl/α,β-unsaturated/α-hetero) is 1. The van der Waals surface area contributed by atoms with Crippen LogP contribution in [0, 0.1) is 11.3 Å². The minimum absolute atomic E-state index is 0.0119. The fraction of sp³-hybridized carbons (Fsp3) is 0.786. The Morgan fingerprint density at radius 3 is 2.63 bits per heavy atom. The number of thiocarbonyl (C=S) groups is 1. The van der Waals surface area contributed by atoms with Crippen molar-refractivity contribution in [1.82, 2.24) is 0 Å². The Bertz CT molecular complexity index is 378. The molecule has 0 amide bonds. The zero-order valence-electron chi connectivity index (χ0n) is 11.1. The van der Waals surface area contributed by atoms with Crippen molar-refractivity contribution in [3.8, 4) is 0 Å². The standard InChI is InChI=1S/C14H21NO2S2/c15-12-13(17)11(19-14(12)18)8-4-7-10(16)9-5-2-1-3-6-9/h9-11,15-16H,1-8H2. The van der Waals surface area contributed by atoms with E-state index in [2.05, 4.69) is 0 Å². The molecule has 1 saturated heterocycles. The summed E-state index contributed by atoms with van der Waals surface area (Å²) in [5, 5.41) is 17.5. The number of carbonyl (C=O) groups excluding carboxylic acids is 1. The molecule has 5 heteroatoms. The lowest BCUT2D eigenvalue weighted by Crippen LogP contribution is -2.23. The minimum atomic E-state index is -0.215. The number of aliphatic hydroxyl groups excluding tert-OH is 1. The van der Waals surface area contributed by atoms with Crippen LogP contribution in [0.15, 0.2) is 0 Å². The smallest absolute Gasteiger partial charge is 0.195 e. The highest BCUT2D eigenvalue weighted by atomic mass is 32.2. The quantitative estimate of drug-likeness (QED) is 0.766. The molecular weight excluding hydrogens is 278 g/mol. The van der Waals surface area contributed by atoms with Crippen molar-refractivity contribution in [2.75, 3.05) is 0 Å². The topological polar surface area (TPSA) is 61.2 Å². The maximum absolute atomic E-state index is 11.7. The van der Waals surface area contributed by atoms with Crippen LogP contribution in [-0.2, 0) is 4.79 Å². The summed E-state index contributed by atoms with van der Waals surface area (Å²) in [6, 6.07) is 0. The summed E-state index contributed by atoms with van der Waals surface area (Å²) in [6.45, 7) is 0. The number of hydrogen-bond donors (Lipinski definition) is 2. The second-order valence-corrected chi connectivity index (χ2v) is 7.41. The SMILES string of the molecule is N=C1C(=O)C(CCCC(O)C2CCCCC2)SC1=S. The molecule has 0 bridgehead atoms. The largest absolute Gasteiger partial charge is 0.393 e. The molecule has 2 fully saturated rings. The maximum atomic E-state index is 11.7. The van der Waals surface area contributed by atoms with Gasteiger partial charge in [-0.1, -0.05) is 31.5 Å². The molecule has 2 unspecified atom stereocenters. The predicted molar refractivity (Wildman–Crippen MR) is 83.1 cm³/mol. The Kier molecular flexibility index (Phi) is 5.54. The van der Waals surface area contributed by atoms with E-state index in [1.54, 1.807) is 0 Å². The van der Waals surface area contributed by atoms with Crippen molar-refractivity contribution in [3.63, 3.8) is 0 Å². The third-order valence-electron chi connectivity index (χ3n) is 4.15. The van der Waals surface area contributed by atoms with Gasteiger partial charge in [0.1, 0.15) is 5.71 Å². The second kappa shape index (κ2) is 6.95. The molecule has 3 nitrogen and oxygen atoms in total. The van der Waals surface area contributed by atoms with Crippen molar-refractivity contribution in [1.29, 1.82) is 5.41 Å². The van der Waals surface area contributed by atoms with Crippen molar-refractivity contribution in [2.45, 2.75) is 62.7 Å². The van der Waals surface area contributed by atoms with Crippen LogP contribution in [0.25, 0.3) is 0 Å². The van der Waals surface area contributed by atoms with E-state index in [0.29, 0.717) is 10.1 Å². The first-order valence-corrected chi connectivity index (χ1v) is 8.40. The van der Waals surface area contributed by atoms with E-state index < -0.39 is 0 Å². The Labute approximate surface area is 124 Å². The zero-order chi connectivity index (χ0) is 13.8. The Hall–Kier alpha value is -0.260. The van der Waals surface area contributed by atoms with Crippen LogP contribution >= 0.6 is 24.0 Å². The lowest BCUT2D eigenvalue weighted by molar-refractivity contribution is -0.112. The summed E-state index contributed by atoms with van der Waals surface area (Å²) in [5.41, 5.74) is 0.0119. The molecule has 1 aliphatic heterocycles. The van der Waals surface area contributed by atoms with Crippen LogP contribution in [0.1, 0.15) is 51.4 Å². The van der Waals surface area contributed by atoms with Gasteiger partial charge in [0, 0.05) is 0 Å². The molecule has 2 rings (SSSR count). The fourth-order valence-electron chi connectivity index (χ4n) is 2.96. The molecule has 0 spiro atoms. The summed E-state index contributed by atoms with van der Waals surface area (Å²) in [6.07, 6.45) is 8.21. The molecule has 1 aliphatic carbocycles. The molecule has 19 heavy (non-hydrogen) atoms. The van der Waals surface area contributed by atoms with Crippen LogP contribution in [-0.4, -0.2) is 32.2 Å². The van der Waals surface area contributed by atoms with Crippen LogP contribution in [0.4, 0.5) is 0 Å². The van der Waals surface area contributed by atoms with E-state index in [9.17, 15) is 9.90 Å². The van der Waals surface area contributed by atoms with Gasteiger partial charge in [0.05, 0.1) is 15.6 Å². The molecule has 1 heterocycles. The fourth-order valence-corrected chi connectivity index (χ4v) is 4.40. The third kappa shape index (κ3) is 3.86. The summed E-state index contributed by atoms with van der Waals surface area (Å²) in [5.74, 6) is 0.335. The molecule has 0 aromatic rings. The van der Waals surface area contributed by atoms with E-state index in [1.807, 2.05) is 0 Å². The number of thioether (sulfide) groups is 1. The molecule has 106 valence electrons. The highest BCUT2D eigenvalue weighted by molar-refractivity contribution is 8.27. The van der Waals surface area contributed by atoms with Gasteiger partial charge in [-0.15, -0.1) is 11.8 Å². The van der Waals surface area contributed by atoms with Crippen molar-refractivity contribution in [3.05, 3.63) is 0 Å². The molecule has 0 aromatic heterocycles. The third-order valence-corrected chi connectivity index (χ3v) is 5.80. The minimum Gasteiger partial charge on any atom is -0.393 e. The summed E-state index contributed by atoms with van der Waals surface area (Å²) in [7, 11) is 0. The first-order chi connectivity index (χ1) is 9.09. The summed E-state index contributed by atoms with van der Waals surface area (Å²) >= 11 is 6.31. The number of rotatable bonds is 5. The van der Waals surface area contributed by atoms with Crippen molar-refractivity contribution < 1.29 is 9.90 Å².